The van der Waals surface area contributed by atoms with Crippen molar-refractivity contribution in [2.24, 2.45) is 0 Å². The van der Waals surface area contributed by atoms with Gasteiger partial charge < -0.3 is 10.8 Å². The number of carbonyl (C=O) groups is 1. The van der Waals surface area contributed by atoms with Gasteiger partial charge in [-0.1, -0.05) is 0 Å². The van der Waals surface area contributed by atoms with Crippen LogP contribution in [0.3, 0.4) is 0 Å². The van der Waals surface area contributed by atoms with Gasteiger partial charge in [0.25, 0.3) is 0 Å². The average molecular weight is 290 g/mol. The SMILES string of the molecule is Nc1cc(S(=O)(=O)F)ccn1.O=C(O)C(F)(F)F. The largest absolute Gasteiger partial charge is 0.490 e. The summed E-state index contributed by atoms with van der Waals surface area (Å²) in [7, 11) is -4.65. The van der Waals surface area contributed by atoms with Crippen LogP contribution in [0.5, 0.6) is 0 Å². The van der Waals surface area contributed by atoms with Gasteiger partial charge in [0.2, 0.25) is 0 Å². The number of halogens is 4. The van der Waals surface area contributed by atoms with Crippen LogP contribution >= 0.6 is 0 Å². The first-order valence-corrected chi connectivity index (χ1v) is 5.29. The third-order valence-corrected chi connectivity index (χ3v) is 2.09. The van der Waals surface area contributed by atoms with Crippen molar-refractivity contribution in [1.29, 1.82) is 0 Å². The zero-order valence-corrected chi connectivity index (χ0v) is 9.17. The molecule has 0 radical (unpaired) electrons. The standard InChI is InChI=1S/C5H5FN2O2S.C2HF3O2/c6-11(9,10)4-1-2-8-5(7)3-4;3-2(4,5)1(6)7/h1-3H,(H2,7,8);(H,6,7). The van der Waals surface area contributed by atoms with Gasteiger partial charge in [0.15, 0.2) is 0 Å². The van der Waals surface area contributed by atoms with E-state index in [9.17, 15) is 25.5 Å². The number of aliphatic carboxylic acids is 1. The summed E-state index contributed by atoms with van der Waals surface area (Å²) >= 11 is 0. The number of nitrogen functional groups attached to an aromatic ring is 1. The quantitative estimate of drug-likeness (QED) is 0.588. The molecule has 0 spiro atoms. The first kappa shape index (κ1) is 16.1. The fourth-order valence-corrected chi connectivity index (χ4v) is 1.06. The summed E-state index contributed by atoms with van der Waals surface area (Å²) < 4.78 is 64.4. The van der Waals surface area contributed by atoms with E-state index in [1.54, 1.807) is 0 Å². The van der Waals surface area contributed by atoms with Gasteiger partial charge in [0.05, 0.1) is 0 Å². The molecule has 0 aromatic carbocycles. The third kappa shape index (κ3) is 5.98. The molecule has 1 rings (SSSR count). The summed E-state index contributed by atoms with van der Waals surface area (Å²) in [5.41, 5.74) is 5.11. The molecule has 0 aliphatic rings. The summed E-state index contributed by atoms with van der Waals surface area (Å²) in [4.78, 5) is 11.9. The maximum Gasteiger partial charge on any atom is 0.490 e. The van der Waals surface area contributed by atoms with E-state index in [0.29, 0.717) is 0 Å². The van der Waals surface area contributed by atoms with Crippen LogP contribution in [0.4, 0.5) is 22.9 Å². The molecular weight excluding hydrogens is 284 g/mol. The number of alkyl halides is 3. The van der Waals surface area contributed by atoms with Crippen molar-refractivity contribution in [2.45, 2.75) is 11.1 Å². The molecule has 11 heteroatoms. The second kappa shape index (κ2) is 5.62. The van der Waals surface area contributed by atoms with Crippen LogP contribution in [0.1, 0.15) is 0 Å². The van der Waals surface area contributed by atoms with Crippen LogP contribution in [-0.4, -0.2) is 30.7 Å². The molecule has 0 aliphatic carbocycles. The summed E-state index contributed by atoms with van der Waals surface area (Å²) in [5, 5.41) is 7.12. The van der Waals surface area contributed by atoms with Gasteiger partial charge in [-0.25, -0.2) is 9.78 Å². The Kier molecular flexibility index (Phi) is 5.02. The number of carboxylic acids is 1. The van der Waals surface area contributed by atoms with Crippen molar-refractivity contribution in [3.8, 4) is 0 Å². The molecule has 0 atom stereocenters. The monoisotopic (exact) mass is 290 g/mol. The van der Waals surface area contributed by atoms with Crippen molar-refractivity contribution in [3.63, 3.8) is 0 Å². The van der Waals surface area contributed by atoms with E-state index >= 15 is 0 Å². The summed E-state index contributed by atoms with van der Waals surface area (Å²) in [6.07, 6.45) is -3.96. The minimum absolute atomic E-state index is 0.0243. The van der Waals surface area contributed by atoms with Crippen LogP contribution in [-0.2, 0) is 15.0 Å². The molecule has 0 fully saturated rings. The zero-order chi connectivity index (χ0) is 14.6. The van der Waals surface area contributed by atoms with Gasteiger partial charge in [-0.15, -0.1) is 3.89 Å². The lowest BCUT2D eigenvalue weighted by molar-refractivity contribution is -0.192. The molecule has 0 aliphatic heterocycles. The minimum Gasteiger partial charge on any atom is -0.475 e. The molecule has 6 nitrogen and oxygen atoms in total. The van der Waals surface area contributed by atoms with Gasteiger partial charge in [-0.05, 0) is 6.07 Å². The van der Waals surface area contributed by atoms with Gasteiger partial charge in [0.1, 0.15) is 10.7 Å². The molecule has 102 valence electrons. The van der Waals surface area contributed by atoms with E-state index < -0.39 is 27.3 Å². The van der Waals surface area contributed by atoms with Crippen LogP contribution < -0.4 is 5.73 Å². The highest BCUT2D eigenvalue weighted by molar-refractivity contribution is 7.86. The number of anilines is 1. The van der Waals surface area contributed by atoms with Gasteiger partial charge in [-0.2, -0.15) is 21.6 Å². The van der Waals surface area contributed by atoms with E-state index in [4.69, 9.17) is 15.6 Å². The topological polar surface area (TPSA) is 110 Å². The molecule has 3 N–H and O–H groups in total. The highest BCUT2D eigenvalue weighted by Crippen LogP contribution is 2.13. The molecule has 1 heterocycles. The Morgan fingerprint density at radius 2 is 1.83 bits per heavy atom. The third-order valence-electron chi connectivity index (χ3n) is 1.28. The van der Waals surface area contributed by atoms with Crippen LogP contribution in [0.2, 0.25) is 0 Å². The number of rotatable bonds is 1. The summed E-state index contributed by atoms with van der Waals surface area (Å²) in [5.74, 6) is -2.78. The molecular formula is C7H6F4N2O4S. The second-order valence-electron chi connectivity index (χ2n) is 2.66. The predicted octanol–water partition coefficient (Wildman–Crippen LogP) is 0.955. The fraction of sp³-hybridized carbons (Fsp3) is 0.143. The van der Waals surface area contributed by atoms with Gasteiger partial charge in [0, 0.05) is 12.3 Å². The van der Waals surface area contributed by atoms with Crippen molar-refractivity contribution >= 4 is 22.0 Å². The average Bonchev–Trinajstić information content (AvgIpc) is 2.15. The number of nitrogens with two attached hydrogens (primary N) is 1. The number of carboxylic acid groups (broad SMARTS) is 1. The maximum absolute atomic E-state index is 12.2. The Labute approximate surface area is 98.3 Å². The number of hydrogen-bond donors (Lipinski definition) is 2. The zero-order valence-electron chi connectivity index (χ0n) is 8.35. The normalized spacial score (nSPS) is 11.3. The molecule has 0 saturated heterocycles. The van der Waals surface area contributed by atoms with Crippen LogP contribution in [0.15, 0.2) is 23.2 Å². The molecule has 0 saturated carbocycles. The lowest BCUT2D eigenvalue weighted by Crippen LogP contribution is -2.21. The second-order valence-corrected chi connectivity index (χ2v) is 4.00. The Morgan fingerprint density at radius 3 is 2.06 bits per heavy atom. The van der Waals surface area contributed by atoms with Gasteiger partial charge >= 0.3 is 22.4 Å². The molecule has 1 aromatic heterocycles. The van der Waals surface area contributed by atoms with Crippen LogP contribution in [0.25, 0.3) is 0 Å². The number of nitrogens with zero attached hydrogens (tertiary/aromatic N) is 1. The van der Waals surface area contributed by atoms with Crippen molar-refractivity contribution < 1.29 is 35.4 Å². The first-order valence-electron chi connectivity index (χ1n) is 3.91. The van der Waals surface area contributed by atoms with Gasteiger partial charge in [-0.3, -0.25) is 0 Å². The Morgan fingerprint density at radius 1 is 1.39 bits per heavy atom. The van der Waals surface area contributed by atoms with Crippen LogP contribution in [0, 0.1) is 0 Å². The van der Waals surface area contributed by atoms with E-state index in [-0.39, 0.29) is 5.82 Å². The van der Waals surface area contributed by atoms with E-state index in [0.717, 1.165) is 18.3 Å². The fourth-order valence-electron chi connectivity index (χ4n) is 0.580. The number of pyridine rings is 1. The molecule has 0 amide bonds. The Bertz CT molecular complexity index is 528. The van der Waals surface area contributed by atoms with E-state index in [2.05, 4.69) is 4.98 Å². The molecule has 1 aromatic rings. The maximum atomic E-state index is 12.2. The minimum atomic E-state index is -5.08. The molecule has 0 unspecified atom stereocenters. The van der Waals surface area contributed by atoms with Crippen molar-refractivity contribution in [2.75, 3.05) is 5.73 Å². The molecule has 18 heavy (non-hydrogen) atoms. The Balaban J connectivity index is 0.000000360. The van der Waals surface area contributed by atoms with Crippen molar-refractivity contribution in [1.82, 2.24) is 4.98 Å². The summed E-state index contributed by atoms with van der Waals surface area (Å²) in [6, 6.07) is 1.99. The smallest absolute Gasteiger partial charge is 0.475 e. The highest BCUT2D eigenvalue weighted by atomic mass is 32.3. The van der Waals surface area contributed by atoms with E-state index in [1.165, 1.54) is 0 Å². The predicted molar refractivity (Wildman–Crippen MR) is 50.6 cm³/mol. The van der Waals surface area contributed by atoms with E-state index in [1.807, 2.05) is 0 Å². The number of hydrogen-bond acceptors (Lipinski definition) is 5. The highest BCUT2D eigenvalue weighted by Gasteiger charge is 2.38. The molecule has 0 bridgehead atoms. The number of aromatic nitrogens is 1. The van der Waals surface area contributed by atoms with Crippen molar-refractivity contribution in [3.05, 3.63) is 18.3 Å². The summed E-state index contributed by atoms with van der Waals surface area (Å²) in [6.45, 7) is 0. The lowest BCUT2D eigenvalue weighted by Gasteiger charge is -1.93. The lowest BCUT2D eigenvalue weighted by atomic mass is 10.5. The Hall–Kier alpha value is -1.91. The first-order chi connectivity index (χ1) is 7.94.